The van der Waals surface area contributed by atoms with E-state index >= 15 is 0 Å². The maximum Gasteiger partial charge on any atom is 0.416 e. The number of aliphatic carboxylic acids is 2. The average Bonchev–Trinajstić information content (AvgIpc) is 3.91. The molecule has 0 radical (unpaired) electrons. The van der Waals surface area contributed by atoms with Gasteiger partial charge in [0.2, 0.25) is 0 Å². The molecule has 0 saturated carbocycles. The molecule has 7 rings (SSSR count). The van der Waals surface area contributed by atoms with E-state index in [0.717, 1.165) is 90.7 Å². The SMILES string of the molecule is CN(CCN1CCCCC1)Cc1nnc(Cn2c(SCc3ccc(F)cc3)nc(=O)c3c2CCC3)n1Cc1ccc(-c2ccc(C(F)(F)F)cc2)cc1.O=C(O)C(O)C(O)C(=O)O. The normalized spacial score (nSPS) is 15.1. The zero-order valence-electron chi connectivity index (χ0n) is 34.5. The molecule has 2 atom stereocenters. The second-order valence-electron chi connectivity index (χ2n) is 15.6. The maximum absolute atomic E-state index is 13.6. The molecule has 336 valence electrons. The fourth-order valence-electron chi connectivity index (χ4n) is 7.44. The number of thioether (sulfide) groups is 1. The second kappa shape index (κ2) is 21.3. The number of benzene rings is 3. The van der Waals surface area contributed by atoms with Gasteiger partial charge in [0.25, 0.3) is 5.56 Å². The first-order valence-electron chi connectivity index (χ1n) is 20.5. The topological polar surface area (TPSA) is 187 Å². The number of alkyl halides is 3. The van der Waals surface area contributed by atoms with Gasteiger partial charge in [0.05, 0.1) is 25.2 Å². The zero-order chi connectivity index (χ0) is 45.3. The van der Waals surface area contributed by atoms with E-state index in [0.29, 0.717) is 42.5 Å². The molecule has 0 spiro atoms. The van der Waals surface area contributed by atoms with Crippen molar-refractivity contribution in [2.24, 2.45) is 0 Å². The van der Waals surface area contributed by atoms with Gasteiger partial charge in [-0.2, -0.15) is 18.2 Å². The molecule has 1 fully saturated rings. The van der Waals surface area contributed by atoms with Crippen LogP contribution in [-0.2, 0) is 54.0 Å². The van der Waals surface area contributed by atoms with Gasteiger partial charge >= 0.3 is 18.1 Å². The van der Waals surface area contributed by atoms with E-state index in [1.54, 1.807) is 12.1 Å². The monoisotopic (exact) mass is 895 g/mol. The number of aliphatic hydroxyl groups is 2. The van der Waals surface area contributed by atoms with Crippen LogP contribution in [0.15, 0.2) is 82.7 Å². The molecule has 2 aromatic heterocycles. The van der Waals surface area contributed by atoms with Crippen LogP contribution in [0.3, 0.4) is 0 Å². The summed E-state index contributed by atoms with van der Waals surface area (Å²) < 4.78 is 57.3. The fourth-order valence-corrected chi connectivity index (χ4v) is 8.41. The van der Waals surface area contributed by atoms with Crippen LogP contribution in [0.5, 0.6) is 0 Å². The molecule has 2 aliphatic rings. The van der Waals surface area contributed by atoms with E-state index in [9.17, 15) is 31.9 Å². The van der Waals surface area contributed by atoms with Gasteiger partial charge in [-0.3, -0.25) is 9.69 Å². The van der Waals surface area contributed by atoms with Gasteiger partial charge in [-0.15, -0.1) is 10.2 Å². The van der Waals surface area contributed by atoms with Crippen LogP contribution < -0.4 is 5.56 Å². The number of rotatable bonds is 16. The average molecular weight is 896 g/mol. The Morgan fingerprint density at radius 2 is 1.37 bits per heavy atom. The van der Waals surface area contributed by atoms with Crippen molar-refractivity contribution in [1.29, 1.82) is 0 Å². The molecular formula is C44H49F4N7O7S. The quantitative estimate of drug-likeness (QED) is 0.0566. The Balaban J connectivity index is 0.000000590. The first-order valence-corrected chi connectivity index (χ1v) is 21.5. The van der Waals surface area contributed by atoms with Gasteiger partial charge < -0.3 is 34.5 Å². The number of carbonyl (C=O) groups is 2. The van der Waals surface area contributed by atoms with Crippen molar-refractivity contribution >= 4 is 23.7 Å². The summed E-state index contributed by atoms with van der Waals surface area (Å²) in [5.41, 5.74) is 4.30. The lowest BCUT2D eigenvalue weighted by Gasteiger charge is -2.28. The smallest absolute Gasteiger partial charge is 0.416 e. The number of carboxylic acid groups (broad SMARTS) is 2. The minimum Gasteiger partial charge on any atom is -0.479 e. The molecule has 1 saturated heterocycles. The summed E-state index contributed by atoms with van der Waals surface area (Å²) in [6, 6.07) is 19.4. The van der Waals surface area contributed by atoms with Gasteiger partial charge in [-0.25, -0.2) is 14.0 Å². The van der Waals surface area contributed by atoms with Crippen molar-refractivity contribution in [3.05, 3.63) is 129 Å². The third-order valence-electron chi connectivity index (χ3n) is 11.0. The number of likely N-dealkylation sites (N-methyl/N-ethyl adjacent to an activating group) is 1. The highest BCUT2D eigenvalue weighted by atomic mass is 32.2. The molecule has 19 heteroatoms. The minimum atomic E-state index is -4.38. The molecule has 63 heavy (non-hydrogen) atoms. The van der Waals surface area contributed by atoms with Crippen molar-refractivity contribution in [2.45, 2.75) is 87.5 Å². The lowest BCUT2D eigenvalue weighted by atomic mass is 10.0. The first-order chi connectivity index (χ1) is 30.1. The summed E-state index contributed by atoms with van der Waals surface area (Å²) in [6.07, 6.45) is -2.80. The van der Waals surface area contributed by atoms with E-state index < -0.39 is 35.9 Å². The maximum atomic E-state index is 13.6. The summed E-state index contributed by atoms with van der Waals surface area (Å²) in [7, 11) is 2.10. The minimum absolute atomic E-state index is 0.194. The molecule has 0 amide bonds. The zero-order valence-corrected chi connectivity index (χ0v) is 35.4. The van der Waals surface area contributed by atoms with Crippen molar-refractivity contribution in [1.82, 2.24) is 34.1 Å². The lowest BCUT2D eigenvalue weighted by Crippen LogP contribution is -2.39. The van der Waals surface area contributed by atoms with Gasteiger partial charge in [-0.1, -0.05) is 66.7 Å². The van der Waals surface area contributed by atoms with Crippen LogP contribution in [0.2, 0.25) is 0 Å². The van der Waals surface area contributed by atoms with Crippen molar-refractivity contribution in [3.63, 3.8) is 0 Å². The summed E-state index contributed by atoms with van der Waals surface area (Å²) in [4.78, 5) is 42.0. The highest BCUT2D eigenvalue weighted by Gasteiger charge is 2.31. The third-order valence-corrected chi connectivity index (χ3v) is 12.0. The number of likely N-dealkylation sites (tertiary alicyclic amines) is 1. The Morgan fingerprint density at radius 3 is 1.97 bits per heavy atom. The number of carboxylic acids is 2. The molecule has 0 bridgehead atoms. The van der Waals surface area contributed by atoms with E-state index in [4.69, 9.17) is 30.6 Å². The molecule has 2 unspecified atom stereocenters. The number of hydrogen-bond donors (Lipinski definition) is 4. The lowest BCUT2D eigenvalue weighted by molar-refractivity contribution is -0.165. The first kappa shape index (κ1) is 47.0. The van der Waals surface area contributed by atoms with Gasteiger partial charge in [-0.05, 0) is 98.8 Å². The predicted octanol–water partition coefficient (Wildman–Crippen LogP) is 5.33. The molecule has 14 nitrogen and oxygen atoms in total. The van der Waals surface area contributed by atoms with E-state index in [2.05, 4.69) is 31.0 Å². The Morgan fingerprint density at radius 1 is 0.778 bits per heavy atom. The van der Waals surface area contributed by atoms with Crippen LogP contribution in [0.1, 0.15) is 65.3 Å². The number of hydrogen-bond acceptors (Lipinski definition) is 11. The van der Waals surface area contributed by atoms with Gasteiger partial charge in [0.1, 0.15) is 11.6 Å². The van der Waals surface area contributed by atoms with Gasteiger partial charge in [0.15, 0.2) is 23.2 Å². The molecular weight excluding hydrogens is 847 g/mol. The fraction of sp³-hybridized carbons (Fsp3) is 0.409. The van der Waals surface area contributed by atoms with Crippen LogP contribution >= 0.6 is 11.8 Å². The molecule has 1 aliphatic carbocycles. The molecule has 3 aromatic carbocycles. The number of nitrogens with zero attached hydrogens (tertiary/aromatic N) is 7. The Labute approximate surface area is 364 Å². The highest BCUT2D eigenvalue weighted by molar-refractivity contribution is 7.98. The summed E-state index contributed by atoms with van der Waals surface area (Å²) in [5, 5.41) is 42.6. The highest BCUT2D eigenvalue weighted by Crippen LogP contribution is 2.32. The Bertz CT molecular complexity index is 2370. The summed E-state index contributed by atoms with van der Waals surface area (Å²) in [5.74, 6) is -1.76. The van der Waals surface area contributed by atoms with E-state index in [1.807, 2.05) is 24.3 Å². The van der Waals surface area contributed by atoms with Crippen LogP contribution in [0, 0.1) is 5.82 Å². The predicted molar refractivity (Wildman–Crippen MR) is 225 cm³/mol. The number of halogens is 4. The number of piperidine rings is 1. The second-order valence-corrected chi connectivity index (χ2v) is 16.5. The molecule has 1 aliphatic heterocycles. The Hall–Kier alpha value is -5.47. The van der Waals surface area contributed by atoms with Crippen molar-refractivity contribution in [2.75, 3.05) is 33.2 Å². The van der Waals surface area contributed by atoms with Crippen LogP contribution in [-0.4, -0.2) is 112 Å². The van der Waals surface area contributed by atoms with Crippen LogP contribution in [0.4, 0.5) is 17.6 Å². The number of fused-ring (bicyclic) bond motifs is 1. The molecule has 5 aromatic rings. The number of aliphatic hydroxyl groups excluding tert-OH is 2. The largest absolute Gasteiger partial charge is 0.479 e. The third kappa shape index (κ3) is 12.6. The standard InChI is InChI=1S/C40H43F4N7OS.C4H6O6/c1-48(22-23-49-20-3-2-4-21-49)25-36-46-47-37(51(36)24-28-8-12-30(13-9-28)31-14-16-32(17-15-31)40(42,43)44)26-50-35-7-5-6-34(35)38(52)45-39(50)53-27-29-10-18-33(41)19-11-29;5-1(3(7)8)2(6)4(9)10/h8-19H,2-7,20-27H2,1H3;1-2,5-6H,(H,7,8)(H,9,10). The van der Waals surface area contributed by atoms with Crippen molar-refractivity contribution < 1.29 is 47.6 Å². The Kier molecular flexibility index (Phi) is 15.9. The van der Waals surface area contributed by atoms with Crippen molar-refractivity contribution in [3.8, 4) is 11.1 Å². The molecule has 4 N–H and O–H groups in total. The number of aromatic nitrogens is 5. The summed E-state index contributed by atoms with van der Waals surface area (Å²) in [6.45, 7) is 5.61. The van der Waals surface area contributed by atoms with Gasteiger partial charge in [0, 0.05) is 30.1 Å². The van der Waals surface area contributed by atoms with E-state index in [-0.39, 0.29) is 11.4 Å². The summed E-state index contributed by atoms with van der Waals surface area (Å²) >= 11 is 1.45. The van der Waals surface area contributed by atoms with E-state index in [1.165, 1.54) is 55.3 Å². The molecule has 3 heterocycles. The van der Waals surface area contributed by atoms with Crippen LogP contribution in [0.25, 0.3) is 11.1 Å².